The third kappa shape index (κ3) is 5.18. The molecule has 0 spiro atoms. The first kappa shape index (κ1) is 18.7. The smallest absolute Gasteiger partial charge is 0.305 e. The van der Waals surface area contributed by atoms with Crippen LogP contribution in [0.25, 0.3) is 0 Å². The normalized spacial score (nSPS) is 23.9. The minimum Gasteiger partial charge on any atom is -0.465 e. The van der Waals surface area contributed by atoms with E-state index in [4.69, 9.17) is 9.47 Å². The van der Waals surface area contributed by atoms with Crippen LogP contribution in [-0.2, 0) is 19.1 Å². The summed E-state index contributed by atoms with van der Waals surface area (Å²) in [5.74, 6) is 1.83. The van der Waals surface area contributed by atoms with Crippen molar-refractivity contribution in [1.82, 2.24) is 0 Å². The van der Waals surface area contributed by atoms with E-state index < -0.39 is 0 Å². The lowest BCUT2D eigenvalue weighted by Gasteiger charge is -2.34. The van der Waals surface area contributed by atoms with Gasteiger partial charge in [-0.25, -0.2) is 0 Å². The molecule has 0 saturated heterocycles. The van der Waals surface area contributed by atoms with Gasteiger partial charge in [0.25, 0.3) is 0 Å². The molecule has 0 aromatic heterocycles. The van der Waals surface area contributed by atoms with E-state index in [2.05, 4.69) is 37.4 Å². The van der Waals surface area contributed by atoms with Crippen LogP contribution in [0.2, 0.25) is 0 Å². The minimum atomic E-state index is -0.243. The lowest BCUT2D eigenvalue weighted by atomic mass is 9.77. The van der Waals surface area contributed by atoms with Crippen LogP contribution in [0, 0.1) is 17.3 Å². The van der Waals surface area contributed by atoms with Gasteiger partial charge in [-0.05, 0) is 49.0 Å². The summed E-state index contributed by atoms with van der Waals surface area (Å²) < 4.78 is 11.0. The maximum Gasteiger partial charge on any atom is 0.305 e. The Balaban J connectivity index is 1.88. The molecule has 0 radical (unpaired) electrons. The minimum absolute atomic E-state index is 0.188. The summed E-state index contributed by atoms with van der Waals surface area (Å²) in [7, 11) is 0. The summed E-state index contributed by atoms with van der Waals surface area (Å²) in [6.07, 6.45) is 8.65. The van der Waals surface area contributed by atoms with Gasteiger partial charge in [-0.2, -0.15) is 25.3 Å². The molecule has 0 aliphatic heterocycles. The second-order valence-corrected chi connectivity index (χ2v) is 7.42. The summed E-state index contributed by atoms with van der Waals surface area (Å²) in [5.41, 5.74) is -0.243. The monoisotopic (exact) mass is 358 g/mol. The van der Waals surface area contributed by atoms with Crippen LogP contribution in [0.15, 0.2) is 12.2 Å². The Hall–Kier alpha value is -0.620. The molecular formula is C17H26O4S2. The first-order valence-electron chi connectivity index (χ1n) is 8.31. The molecule has 4 nitrogen and oxygen atoms in total. The molecular weight excluding hydrogens is 332 g/mol. The van der Waals surface area contributed by atoms with Crippen molar-refractivity contribution in [2.24, 2.45) is 17.3 Å². The average molecular weight is 359 g/mol. The standard InChI is InChI=1S/C17H26O4S2/c18-15(3-1-7-22)20-11-17(10-13-5-6-14(17)9-13)12-21-16(19)4-2-8-23/h5-6,13-14,22-23H,1-4,7-12H2. The molecule has 2 rings (SSSR count). The summed E-state index contributed by atoms with van der Waals surface area (Å²) in [4.78, 5) is 23.6. The predicted molar refractivity (Wildman–Crippen MR) is 95.9 cm³/mol. The Morgan fingerprint density at radius 1 is 1.00 bits per heavy atom. The van der Waals surface area contributed by atoms with E-state index in [-0.39, 0.29) is 17.4 Å². The first-order valence-corrected chi connectivity index (χ1v) is 9.57. The number of thiol groups is 2. The highest BCUT2D eigenvalue weighted by molar-refractivity contribution is 7.80. The van der Waals surface area contributed by atoms with Crippen LogP contribution in [0.3, 0.4) is 0 Å². The lowest BCUT2D eigenvalue weighted by molar-refractivity contribution is -0.155. The largest absolute Gasteiger partial charge is 0.465 e. The third-order valence-electron chi connectivity index (χ3n) is 4.75. The Bertz CT molecular complexity index is 426. The van der Waals surface area contributed by atoms with Crippen molar-refractivity contribution in [3.05, 3.63) is 12.2 Å². The molecule has 2 bridgehead atoms. The van der Waals surface area contributed by atoms with E-state index in [1.54, 1.807) is 0 Å². The highest BCUT2D eigenvalue weighted by atomic mass is 32.1. The molecule has 130 valence electrons. The Labute approximate surface area is 149 Å². The number of hydrogen-bond donors (Lipinski definition) is 2. The second-order valence-electron chi connectivity index (χ2n) is 6.53. The van der Waals surface area contributed by atoms with Crippen LogP contribution in [0.4, 0.5) is 0 Å². The molecule has 2 aliphatic rings. The fourth-order valence-electron chi connectivity index (χ4n) is 3.47. The van der Waals surface area contributed by atoms with E-state index in [1.807, 2.05) is 0 Å². The number of rotatable bonds is 10. The fraction of sp³-hybridized carbons (Fsp3) is 0.765. The zero-order valence-electron chi connectivity index (χ0n) is 13.4. The molecule has 1 saturated carbocycles. The molecule has 2 aliphatic carbocycles. The SMILES string of the molecule is O=C(CCCS)OCC1(COC(=O)CCCS)CC2C=CC1C2. The lowest BCUT2D eigenvalue weighted by Crippen LogP contribution is -2.38. The van der Waals surface area contributed by atoms with Gasteiger partial charge in [0, 0.05) is 18.3 Å². The van der Waals surface area contributed by atoms with Crippen LogP contribution in [0.1, 0.15) is 38.5 Å². The van der Waals surface area contributed by atoms with Crippen molar-refractivity contribution in [3.63, 3.8) is 0 Å². The zero-order valence-corrected chi connectivity index (χ0v) is 15.2. The zero-order chi connectivity index (χ0) is 16.7. The van der Waals surface area contributed by atoms with E-state index in [1.165, 1.54) is 0 Å². The van der Waals surface area contributed by atoms with Gasteiger partial charge >= 0.3 is 11.9 Å². The van der Waals surface area contributed by atoms with Gasteiger partial charge in [0.15, 0.2) is 0 Å². The highest BCUT2D eigenvalue weighted by Crippen LogP contribution is 2.52. The fourth-order valence-corrected chi connectivity index (χ4v) is 3.78. The molecule has 0 amide bonds. The quantitative estimate of drug-likeness (QED) is 0.358. The number of allylic oxidation sites excluding steroid dienone is 2. The highest BCUT2D eigenvalue weighted by Gasteiger charge is 2.50. The van der Waals surface area contributed by atoms with Crippen LogP contribution < -0.4 is 0 Å². The van der Waals surface area contributed by atoms with Crippen molar-refractivity contribution in [2.75, 3.05) is 24.7 Å². The number of carbonyl (C=O) groups excluding carboxylic acids is 2. The molecule has 0 aromatic rings. The molecule has 23 heavy (non-hydrogen) atoms. The van der Waals surface area contributed by atoms with Gasteiger partial charge in [-0.15, -0.1) is 0 Å². The Morgan fingerprint density at radius 2 is 1.57 bits per heavy atom. The number of ether oxygens (including phenoxy) is 2. The van der Waals surface area contributed by atoms with Crippen molar-refractivity contribution in [1.29, 1.82) is 0 Å². The van der Waals surface area contributed by atoms with E-state index >= 15 is 0 Å². The van der Waals surface area contributed by atoms with Gasteiger partial charge in [0.2, 0.25) is 0 Å². The van der Waals surface area contributed by atoms with Gasteiger partial charge in [-0.1, -0.05) is 12.2 Å². The van der Waals surface area contributed by atoms with E-state index in [0.717, 1.165) is 25.7 Å². The van der Waals surface area contributed by atoms with Gasteiger partial charge in [0.1, 0.15) is 13.2 Å². The van der Waals surface area contributed by atoms with E-state index in [0.29, 0.717) is 49.4 Å². The Morgan fingerprint density at radius 3 is 1.96 bits per heavy atom. The predicted octanol–water partition coefficient (Wildman–Crippen LogP) is 3.08. The van der Waals surface area contributed by atoms with Gasteiger partial charge < -0.3 is 9.47 Å². The van der Waals surface area contributed by atoms with Crippen molar-refractivity contribution < 1.29 is 19.1 Å². The Kier molecular flexibility index (Phi) is 7.34. The van der Waals surface area contributed by atoms with Crippen molar-refractivity contribution in [3.8, 4) is 0 Å². The van der Waals surface area contributed by atoms with Crippen LogP contribution in [0.5, 0.6) is 0 Å². The van der Waals surface area contributed by atoms with Crippen LogP contribution >= 0.6 is 25.3 Å². The summed E-state index contributed by atoms with van der Waals surface area (Å²) in [5, 5.41) is 0. The number of esters is 2. The van der Waals surface area contributed by atoms with Crippen molar-refractivity contribution in [2.45, 2.75) is 38.5 Å². The van der Waals surface area contributed by atoms with Gasteiger partial charge in [0.05, 0.1) is 0 Å². The molecule has 6 heteroatoms. The summed E-state index contributed by atoms with van der Waals surface area (Å²) in [6, 6.07) is 0. The second kappa shape index (κ2) is 9.02. The number of carbonyl (C=O) groups is 2. The molecule has 0 heterocycles. The molecule has 0 N–H and O–H groups in total. The van der Waals surface area contributed by atoms with Crippen molar-refractivity contribution >= 4 is 37.2 Å². The first-order chi connectivity index (χ1) is 11.1. The number of fused-ring (bicyclic) bond motifs is 2. The topological polar surface area (TPSA) is 52.6 Å². The molecule has 0 aromatic carbocycles. The number of hydrogen-bond acceptors (Lipinski definition) is 6. The molecule has 2 unspecified atom stereocenters. The van der Waals surface area contributed by atoms with E-state index in [9.17, 15) is 9.59 Å². The maximum absolute atomic E-state index is 11.8. The third-order valence-corrected chi connectivity index (χ3v) is 5.38. The summed E-state index contributed by atoms with van der Waals surface area (Å²) in [6.45, 7) is 0.674. The summed E-state index contributed by atoms with van der Waals surface area (Å²) >= 11 is 8.21. The van der Waals surface area contributed by atoms with Crippen LogP contribution in [-0.4, -0.2) is 36.7 Å². The average Bonchev–Trinajstić information content (AvgIpc) is 3.15. The maximum atomic E-state index is 11.8. The molecule has 2 atom stereocenters. The molecule has 1 fully saturated rings. The van der Waals surface area contributed by atoms with Gasteiger partial charge in [-0.3, -0.25) is 9.59 Å².